The first-order chi connectivity index (χ1) is 11.7. The Morgan fingerprint density at radius 1 is 1.08 bits per heavy atom. The summed E-state index contributed by atoms with van der Waals surface area (Å²) in [5.41, 5.74) is 8.66. The summed E-state index contributed by atoms with van der Waals surface area (Å²) in [5, 5.41) is 5.30. The predicted molar refractivity (Wildman–Crippen MR) is 104 cm³/mol. The van der Waals surface area contributed by atoms with Crippen molar-refractivity contribution in [3.05, 3.63) is 70.6 Å². The minimum Gasteiger partial charge on any atom is -0.252 e. The summed E-state index contributed by atoms with van der Waals surface area (Å²) in [6, 6.07) is 18.8. The third kappa shape index (κ3) is 3.71. The van der Waals surface area contributed by atoms with E-state index in [0.29, 0.717) is 0 Å². The molecule has 2 aromatic carbocycles. The van der Waals surface area contributed by atoms with Gasteiger partial charge in [0.05, 0.1) is 11.4 Å². The highest BCUT2D eigenvalue weighted by Gasteiger charge is 2.09. The van der Waals surface area contributed by atoms with Crippen molar-refractivity contribution in [1.82, 2.24) is 4.98 Å². The van der Waals surface area contributed by atoms with Crippen LogP contribution in [0, 0.1) is 6.92 Å². The first-order valence-electron chi connectivity index (χ1n) is 8.10. The van der Waals surface area contributed by atoms with Crippen LogP contribution in [0.3, 0.4) is 0 Å². The van der Waals surface area contributed by atoms with E-state index in [0.717, 1.165) is 34.1 Å². The van der Waals surface area contributed by atoms with Crippen LogP contribution in [0.15, 0.2) is 59.7 Å². The number of hydrogen-bond acceptors (Lipinski definition) is 4. The Morgan fingerprint density at radius 3 is 2.46 bits per heavy atom. The number of aryl methyl sites for hydroxylation is 2. The van der Waals surface area contributed by atoms with E-state index in [2.05, 4.69) is 65.8 Å². The van der Waals surface area contributed by atoms with E-state index >= 15 is 0 Å². The van der Waals surface area contributed by atoms with Gasteiger partial charge in [-0.3, -0.25) is 5.43 Å². The average Bonchev–Trinajstić information content (AvgIpc) is 3.01. The number of thiazole rings is 1. The molecule has 0 atom stereocenters. The second-order valence-electron chi connectivity index (χ2n) is 5.65. The van der Waals surface area contributed by atoms with E-state index in [4.69, 9.17) is 0 Å². The quantitative estimate of drug-likeness (QED) is 0.492. The lowest BCUT2D eigenvalue weighted by molar-refractivity contribution is 1.14. The molecule has 1 heterocycles. The predicted octanol–water partition coefficient (Wildman–Crippen LogP) is 5.52. The van der Waals surface area contributed by atoms with E-state index < -0.39 is 0 Å². The molecule has 0 aliphatic carbocycles. The maximum absolute atomic E-state index is 4.67. The lowest BCUT2D eigenvalue weighted by Crippen LogP contribution is -1.99. The summed E-state index contributed by atoms with van der Waals surface area (Å²) in [5.74, 6) is 0. The summed E-state index contributed by atoms with van der Waals surface area (Å²) in [6.45, 7) is 6.25. The highest BCUT2D eigenvalue weighted by atomic mass is 32.1. The zero-order chi connectivity index (χ0) is 16.9. The van der Waals surface area contributed by atoms with Crippen LogP contribution in [0.25, 0.3) is 11.3 Å². The van der Waals surface area contributed by atoms with E-state index in [9.17, 15) is 0 Å². The van der Waals surface area contributed by atoms with Crippen LogP contribution in [-0.4, -0.2) is 10.7 Å². The molecule has 0 saturated heterocycles. The van der Waals surface area contributed by atoms with Crippen LogP contribution in [0.1, 0.15) is 29.9 Å². The van der Waals surface area contributed by atoms with Crippen LogP contribution in [0.4, 0.5) is 5.13 Å². The average molecular weight is 335 g/mol. The molecule has 3 nitrogen and oxygen atoms in total. The second kappa shape index (κ2) is 7.41. The molecule has 1 aromatic heterocycles. The van der Waals surface area contributed by atoms with E-state index in [1.54, 1.807) is 11.3 Å². The molecule has 1 N–H and O–H groups in total. The molecular formula is C20H21N3S. The SMILES string of the molecule is CCc1ccc(/C(C)=N\Nc2nc(-c3ccccc3)c(C)s2)cc1. The third-order valence-electron chi connectivity index (χ3n) is 3.94. The van der Waals surface area contributed by atoms with Crippen molar-refractivity contribution in [3.63, 3.8) is 0 Å². The van der Waals surface area contributed by atoms with Crippen molar-refractivity contribution in [3.8, 4) is 11.3 Å². The molecule has 122 valence electrons. The number of aromatic nitrogens is 1. The van der Waals surface area contributed by atoms with Crippen molar-refractivity contribution in [2.75, 3.05) is 5.43 Å². The van der Waals surface area contributed by atoms with Gasteiger partial charge in [-0.2, -0.15) is 5.10 Å². The molecule has 0 bridgehead atoms. The molecule has 0 unspecified atom stereocenters. The number of benzene rings is 2. The molecule has 0 spiro atoms. The molecule has 3 rings (SSSR count). The zero-order valence-electron chi connectivity index (χ0n) is 14.2. The van der Waals surface area contributed by atoms with Crippen LogP contribution in [-0.2, 0) is 6.42 Å². The molecule has 24 heavy (non-hydrogen) atoms. The number of rotatable bonds is 5. The minimum atomic E-state index is 0.816. The largest absolute Gasteiger partial charge is 0.252 e. The van der Waals surface area contributed by atoms with Gasteiger partial charge in [-0.25, -0.2) is 4.98 Å². The lowest BCUT2D eigenvalue weighted by atomic mass is 10.1. The molecule has 3 aromatic rings. The maximum atomic E-state index is 4.67. The highest BCUT2D eigenvalue weighted by Crippen LogP contribution is 2.30. The Hall–Kier alpha value is -2.46. The molecular weight excluding hydrogens is 314 g/mol. The van der Waals surface area contributed by atoms with Crippen molar-refractivity contribution in [2.24, 2.45) is 5.10 Å². The fourth-order valence-corrected chi connectivity index (χ4v) is 3.26. The number of nitrogens with zero attached hydrogens (tertiary/aromatic N) is 2. The van der Waals surface area contributed by atoms with Gasteiger partial charge in [0.25, 0.3) is 0 Å². The standard InChI is InChI=1S/C20H21N3S/c1-4-16-10-12-17(13-11-16)14(2)22-23-20-21-19(15(3)24-20)18-8-6-5-7-9-18/h5-13H,4H2,1-3H3,(H,21,23)/b22-14-. The van der Waals surface area contributed by atoms with Crippen LogP contribution < -0.4 is 5.43 Å². The van der Waals surface area contributed by atoms with Gasteiger partial charge in [0.15, 0.2) is 0 Å². The summed E-state index contributed by atoms with van der Waals surface area (Å²) in [6.07, 6.45) is 1.05. The maximum Gasteiger partial charge on any atom is 0.204 e. The topological polar surface area (TPSA) is 37.3 Å². The third-order valence-corrected chi connectivity index (χ3v) is 4.82. The van der Waals surface area contributed by atoms with Crippen molar-refractivity contribution in [1.29, 1.82) is 0 Å². The Morgan fingerprint density at radius 2 is 1.79 bits per heavy atom. The summed E-state index contributed by atoms with van der Waals surface area (Å²) in [4.78, 5) is 5.86. The molecule has 0 fully saturated rings. The molecule has 0 amide bonds. The first kappa shape index (κ1) is 16.4. The molecule has 0 saturated carbocycles. The fourth-order valence-electron chi connectivity index (χ4n) is 2.49. The van der Waals surface area contributed by atoms with Gasteiger partial charge in [-0.1, -0.05) is 61.5 Å². The summed E-state index contributed by atoms with van der Waals surface area (Å²) < 4.78 is 0. The zero-order valence-corrected chi connectivity index (χ0v) is 15.0. The van der Waals surface area contributed by atoms with Gasteiger partial charge < -0.3 is 0 Å². The first-order valence-corrected chi connectivity index (χ1v) is 8.91. The summed E-state index contributed by atoms with van der Waals surface area (Å²) >= 11 is 1.62. The van der Waals surface area contributed by atoms with E-state index in [1.807, 2.05) is 25.1 Å². The van der Waals surface area contributed by atoms with E-state index in [1.165, 1.54) is 10.4 Å². The number of nitrogens with one attached hydrogen (secondary N) is 1. The van der Waals surface area contributed by atoms with Gasteiger partial charge >= 0.3 is 0 Å². The van der Waals surface area contributed by atoms with Gasteiger partial charge in [0.1, 0.15) is 0 Å². The fraction of sp³-hybridized carbons (Fsp3) is 0.200. The van der Waals surface area contributed by atoms with Crippen LogP contribution in [0.2, 0.25) is 0 Å². The minimum absolute atomic E-state index is 0.816. The Kier molecular flexibility index (Phi) is 5.06. The van der Waals surface area contributed by atoms with Crippen molar-refractivity contribution >= 4 is 22.2 Å². The molecule has 0 aliphatic heterocycles. The number of hydrogen-bond donors (Lipinski definition) is 1. The Labute approximate surface area is 147 Å². The van der Waals surface area contributed by atoms with Crippen molar-refractivity contribution in [2.45, 2.75) is 27.2 Å². The van der Waals surface area contributed by atoms with Gasteiger partial charge in [-0.05, 0) is 31.4 Å². The van der Waals surface area contributed by atoms with E-state index in [-0.39, 0.29) is 0 Å². The lowest BCUT2D eigenvalue weighted by Gasteiger charge is -2.03. The monoisotopic (exact) mass is 335 g/mol. The Balaban J connectivity index is 1.76. The highest BCUT2D eigenvalue weighted by molar-refractivity contribution is 7.16. The molecule has 0 aliphatic rings. The van der Waals surface area contributed by atoms with Gasteiger partial charge in [-0.15, -0.1) is 11.3 Å². The van der Waals surface area contributed by atoms with Crippen LogP contribution >= 0.6 is 11.3 Å². The smallest absolute Gasteiger partial charge is 0.204 e. The molecule has 0 radical (unpaired) electrons. The normalized spacial score (nSPS) is 11.5. The molecule has 4 heteroatoms. The van der Waals surface area contributed by atoms with Gasteiger partial charge in [0, 0.05) is 10.4 Å². The number of anilines is 1. The Bertz CT molecular complexity index is 833. The second-order valence-corrected chi connectivity index (χ2v) is 6.85. The van der Waals surface area contributed by atoms with Crippen molar-refractivity contribution < 1.29 is 0 Å². The summed E-state index contributed by atoms with van der Waals surface area (Å²) in [7, 11) is 0. The van der Waals surface area contributed by atoms with Crippen LogP contribution in [0.5, 0.6) is 0 Å². The van der Waals surface area contributed by atoms with Gasteiger partial charge in [0.2, 0.25) is 5.13 Å². The number of hydrazone groups is 1.